The summed E-state index contributed by atoms with van der Waals surface area (Å²) in [5.74, 6) is 0.734. The first kappa shape index (κ1) is 13.2. The van der Waals surface area contributed by atoms with Gasteiger partial charge in [-0.3, -0.25) is 4.90 Å². The van der Waals surface area contributed by atoms with Gasteiger partial charge in [-0.25, -0.2) is 0 Å². The highest BCUT2D eigenvalue weighted by atomic mass is 35.5. The maximum atomic E-state index is 6.06. The molecule has 0 radical (unpaired) electrons. The Morgan fingerprint density at radius 1 is 1.16 bits per heavy atom. The number of nitrogens with zero attached hydrogens (tertiary/aromatic N) is 2. The number of hydrogen-bond acceptors (Lipinski definition) is 3. The Bertz CT molecular complexity index is 427. The number of halogens is 1. The van der Waals surface area contributed by atoms with Crippen LogP contribution in [-0.2, 0) is 0 Å². The van der Waals surface area contributed by atoms with Crippen molar-refractivity contribution in [3.8, 4) is 0 Å². The van der Waals surface area contributed by atoms with Gasteiger partial charge in [0.05, 0.1) is 0 Å². The van der Waals surface area contributed by atoms with E-state index in [1.54, 1.807) is 0 Å². The van der Waals surface area contributed by atoms with E-state index in [-0.39, 0.29) is 0 Å². The number of nitrogens with two attached hydrogens (primary N) is 1. The first-order valence-corrected chi connectivity index (χ1v) is 7.60. The molecule has 2 aliphatic rings. The molecule has 1 heterocycles. The Balaban J connectivity index is 1.57. The SMILES string of the molecule is NCC1CCC1N1CCN(c2cccc(Cl)c2)CC1. The summed E-state index contributed by atoms with van der Waals surface area (Å²) in [6, 6.07) is 8.91. The first-order valence-electron chi connectivity index (χ1n) is 7.22. The van der Waals surface area contributed by atoms with Crippen LogP contribution in [0.25, 0.3) is 0 Å². The molecule has 0 aromatic heterocycles. The Kier molecular flexibility index (Phi) is 3.96. The molecule has 1 aromatic carbocycles. The zero-order valence-electron chi connectivity index (χ0n) is 11.3. The monoisotopic (exact) mass is 279 g/mol. The molecule has 1 aliphatic carbocycles. The van der Waals surface area contributed by atoms with Crippen LogP contribution in [0, 0.1) is 5.92 Å². The lowest BCUT2D eigenvalue weighted by Crippen LogP contribution is -2.56. The zero-order chi connectivity index (χ0) is 13.2. The van der Waals surface area contributed by atoms with Crippen molar-refractivity contribution < 1.29 is 0 Å². The smallest absolute Gasteiger partial charge is 0.0426 e. The molecule has 3 rings (SSSR count). The number of hydrogen-bond donors (Lipinski definition) is 1. The van der Waals surface area contributed by atoms with E-state index < -0.39 is 0 Å². The van der Waals surface area contributed by atoms with Crippen LogP contribution in [0.3, 0.4) is 0 Å². The van der Waals surface area contributed by atoms with Crippen LogP contribution in [0.2, 0.25) is 5.02 Å². The molecular formula is C15H22ClN3. The van der Waals surface area contributed by atoms with Crippen LogP contribution in [0.15, 0.2) is 24.3 Å². The Labute approximate surface area is 120 Å². The van der Waals surface area contributed by atoms with Crippen LogP contribution in [-0.4, -0.2) is 43.7 Å². The minimum Gasteiger partial charge on any atom is -0.369 e. The normalized spacial score (nSPS) is 28.2. The molecule has 2 N–H and O–H groups in total. The summed E-state index contributed by atoms with van der Waals surface area (Å²) in [5, 5.41) is 0.821. The molecule has 1 saturated carbocycles. The van der Waals surface area contributed by atoms with Gasteiger partial charge in [0.15, 0.2) is 0 Å². The highest BCUT2D eigenvalue weighted by Crippen LogP contribution is 2.32. The molecule has 0 spiro atoms. The van der Waals surface area contributed by atoms with Crippen molar-refractivity contribution in [1.82, 2.24) is 4.90 Å². The van der Waals surface area contributed by atoms with Crippen LogP contribution in [0.5, 0.6) is 0 Å². The van der Waals surface area contributed by atoms with Crippen molar-refractivity contribution in [3.63, 3.8) is 0 Å². The van der Waals surface area contributed by atoms with Gasteiger partial charge in [-0.05, 0) is 43.5 Å². The number of anilines is 1. The van der Waals surface area contributed by atoms with Crippen molar-refractivity contribution >= 4 is 17.3 Å². The summed E-state index contributed by atoms with van der Waals surface area (Å²) < 4.78 is 0. The molecule has 1 aromatic rings. The van der Waals surface area contributed by atoms with Gasteiger partial charge in [0.25, 0.3) is 0 Å². The largest absolute Gasteiger partial charge is 0.369 e. The van der Waals surface area contributed by atoms with Gasteiger partial charge in [0.2, 0.25) is 0 Å². The lowest BCUT2D eigenvalue weighted by Gasteiger charge is -2.47. The van der Waals surface area contributed by atoms with E-state index in [0.717, 1.165) is 49.7 Å². The second-order valence-electron chi connectivity index (χ2n) is 5.64. The number of piperazine rings is 1. The summed E-state index contributed by atoms with van der Waals surface area (Å²) in [6.45, 7) is 5.32. The van der Waals surface area contributed by atoms with Gasteiger partial charge in [-0.2, -0.15) is 0 Å². The van der Waals surface area contributed by atoms with Gasteiger partial charge in [0.1, 0.15) is 0 Å². The van der Waals surface area contributed by atoms with Gasteiger partial charge in [-0.15, -0.1) is 0 Å². The summed E-state index contributed by atoms with van der Waals surface area (Å²) >= 11 is 6.06. The summed E-state index contributed by atoms with van der Waals surface area (Å²) in [6.07, 6.45) is 2.65. The fraction of sp³-hybridized carbons (Fsp3) is 0.600. The highest BCUT2D eigenvalue weighted by Gasteiger charge is 2.35. The van der Waals surface area contributed by atoms with Gasteiger partial charge >= 0.3 is 0 Å². The second-order valence-corrected chi connectivity index (χ2v) is 6.08. The topological polar surface area (TPSA) is 32.5 Å². The Morgan fingerprint density at radius 2 is 1.95 bits per heavy atom. The molecular weight excluding hydrogens is 258 g/mol. The number of rotatable bonds is 3. The maximum absolute atomic E-state index is 6.06. The van der Waals surface area contributed by atoms with Crippen molar-refractivity contribution in [3.05, 3.63) is 29.3 Å². The van der Waals surface area contributed by atoms with E-state index in [2.05, 4.69) is 21.9 Å². The van der Waals surface area contributed by atoms with Crippen molar-refractivity contribution in [2.45, 2.75) is 18.9 Å². The molecule has 1 saturated heterocycles. The van der Waals surface area contributed by atoms with E-state index in [0.29, 0.717) is 0 Å². The van der Waals surface area contributed by atoms with Crippen molar-refractivity contribution in [1.29, 1.82) is 0 Å². The molecule has 2 unspecified atom stereocenters. The van der Waals surface area contributed by atoms with Gasteiger partial charge in [0, 0.05) is 42.9 Å². The van der Waals surface area contributed by atoms with Crippen molar-refractivity contribution in [2.75, 3.05) is 37.6 Å². The maximum Gasteiger partial charge on any atom is 0.0426 e. The van der Waals surface area contributed by atoms with Crippen LogP contribution in [0.4, 0.5) is 5.69 Å². The third-order valence-electron chi connectivity index (χ3n) is 4.64. The van der Waals surface area contributed by atoms with E-state index in [4.69, 9.17) is 17.3 Å². The van der Waals surface area contributed by atoms with E-state index >= 15 is 0 Å². The van der Waals surface area contributed by atoms with Crippen LogP contribution in [0.1, 0.15) is 12.8 Å². The first-order chi connectivity index (χ1) is 9.28. The second kappa shape index (κ2) is 5.70. The Hall–Kier alpha value is -0.770. The summed E-state index contributed by atoms with van der Waals surface area (Å²) in [7, 11) is 0. The summed E-state index contributed by atoms with van der Waals surface area (Å²) in [4.78, 5) is 5.06. The third-order valence-corrected chi connectivity index (χ3v) is 4.87. The van der Waals surface area contributed by atoms with Gasteiger partial charge < -0.3 is 10.6 Å². The summed E-state index contributed by atoms with van der Waals surface area (Å²) in [5.41, 5.74) is 7.06. The molecule has 0 bridgehead atoms. The quantitative estimate of drug-likeness (QED) is 0.921. The zero-order valence-corrected chi connectivity index (χ0v) is 12.0. The fourth-order valence-corrected chi connectivity index (χ4v) is 3.48. The third kappa shape index (κ3) is 2.73. The van der Waals surface area contributed by atoms with Crippen molar-refractivity contribution in [2.24, 2.45) is 11.7 Å². The molecule has 0 amide bonds. The average molecular weight is 280 g/mol. The fourth-order valence-electron chi connectivity index (χ4n) is 3.29. The predicted octanol–water partition coefficient (Wildman–Crippen LogP) is 2.20. The lowest BCUT2D eigenvalue weighted by molar-refractivity contribution is 0.0619. The van der Waals surface area contributed by atoms with E-state index in [9.17, 15) is 0 Å². The lowest BCUT2D eigenvalue weighted by atomic mass is 9.78. The standard InChI is InChI=1S/C15H22ClN3/c16-13-2-1-3-14(10-13)18-6-8-19(9-7-18)15-5-4-12(15)11-17/h1-3,10,12,15H,4-9,11,17H2. The van der Waals surface area contributed by atoms with E-state index in [1.165, 1.54) is 18.5 Å². The average Bonchev–Trinajstić information content (AvgIpc) is 2.39. The van der Waals surface area contributed by atoms with Gasteiger partial charge in [-0.1, -0.05) is 17.7 Å². The molecule has 104 valence electrons. The minimum atomic E-state index is 0.734. The predicted molar refractivity (Wildman–Crippen MR) is 80.8 cm³/mol. The Morgan fingerprint density at radius 3 is 2.53 bits per heavy atom. The molecule has 2 fully saturated rings. The number of benzene rings is 1. The van der Waals surface area contributed by atoms with Crippen LogP contribution >= 0.6 is 11.6 Å². The van der Waals surface area contributed by atoms with E-state index in [1.807, 2.05) is 12.1 Å². The molecule has 3 nitrogen and oxygen atoms in total. The minimum absolute atomic E-state index is 0.734. The molecule has 2 atom stereocenters. The molecule has 4 heteroatoms. The van der Waals surface area contributed by atoms with Crippen LogP contribution < -0.4 is 10.6 Å². The highest BCUT2D eigenvalue weighted by molar-refractivity contribution is 6.30. The molecule has 19 heavy (non-hydrogen) atoms. The molecule has 1 aliphatic heterocycles.